The van der Waals surface area contributed by atoms with Crippen LogP contribution in [0.1, 0.15) is 10.5 Å². The molecule has 9 heteroatoms. The minimum Gasteiger partial charge on any atom is -0.484 e. The molecule has 28 heavy (non-hydrogen) atoms. The highest BCUT2D eigenvalue weighted by atomic mass is 16.5. The quantitative estimate of drug-likeness (QED) is 0.714. The van der Waals surface area contributed by atoms with Crippen LogP contribution in [0.5, 0.6) is 5.75 Å². The first kappa shape index (κ1) is 17.9. The van der Waals surface area contributed by atoms with Crippen molar-refractivity contribution in [2.24, 2.45) is 0 Å². The summed E-state index contributed by atoms with van der Waals surface area (Å²) in [4.78, 5) is 30.3. The number of aromatic nitrogens is 3. The molecular formula is C19H19N5O4. The van der Waals surface area contributed by atoms with E-state index in [2.05, 4.69) is 15.4 Å². The molecule has 0 spiro atoms. The summed E-state index contributed by atoms with van der Waals surface area (Å²) in [5.74, 6) is 0.152. The summed E-state index contributed by atoms with van der Waals surface area (Å²) in [7, 11) is 0. The highest BCUT2D eigenvalue weighted by Gasteiger charge is 2.17. The normalized spacial score (nSPS) is 14.1. The maximum absolute atomic E-state index is 12.4. The van der Waals surface area contributed by atoms with Gasteiger partial charge in [-0.3, -0.25) is 9.59 Å². The molecule has 0 aliphatic carbocycles. The van der Waals surface area contributed by atoms with E-state index in [9.17, 15) is 9.59 Å². The molecule has 2 amide bonds. The van der Waals surface area contributed by atoms with Gasteiger partial charge in [0.15, 0.2) is 17.9 Å². The minimum atomic E-state index is -0.332. The van der Waals surface area contributed by atoms with E-state index >= 15 is 0 Å². The van der Waals surface area contributed by atoms with Crippen LogP contribution in [0.15, 0.2) is 48.8 Å². The van der Waals surface area contributed by atoms with Gasteiger partial charge >= 0.3 is 0 Å². The van der Waals surface area contributed by atoms with E-state index in [4.69, 9.17) is 9.47 Å². The maximum Gasteiger partial charge on any atom is 0.276 e. The van der Waals surface area contributed by atoms with Gasteiger partial charge in [0.2, 0.25) is 0 Å². The van der Waals surface area contributed by atoms with Gasteiger partial charge in [-0.25, -0.2) is 9.50 Å². The summed E-state index contributed by atoms with van der Waals surface area (Å²) in [6.07, 6.45) is 3.37. The van der Waals surface area contributed by atoms with Gasteiger partial charge in [0.1, 0.15) is 5.75 Å². The molecule has 144 valence electrons. The molecule has 0 bridgehead atoms. The predicted molar refractivity (Wildman–Crippen MR) is 100 cm³/mol. The number of fused-ring (bicyclic) bond motifs is 1. The first-order valence-electron chi connectivity index (χ1n) is 8.89. The predicted octanol–water partition coefficient (Wildman–Crippen LogP) is 1.22. The number of rotatable bonds is 5. The molecule has 2 aromatic heterocycles. The van der Waals surface area contributed by atoms with Gasteiger partial charge in [0.25, 0.3) is 11.8 Å². The van der Waals surface area contributed by atoms with Crippen LogP contribution in [0, 0.1) is 0 Å². The zero-order valence-electron chi connectivity index (χ0n) is 15.1. The Kier molecular flexibility index (Phi) is 5.16. The number of nitrogens with zero attached hydrogens (tertiary/aromatic N) is 4. The Morgan fingerprint density at radius 2 is 1.96 bits per heavy atom. The molecule has 1 aliphatic rings. The molecule has 1 fully saturated rings. The van der Waals surface area contributed by atoms with Crippen molar-refractivity contribution in [3.05, 3.63) is 54.5 Å². The first-order chi connectivity index (χ1) is 13.7. The highest BCUT2D eigenvalue weighted by molar-refractivity contribution is 6.03. The topological polar surface area (TPSA) is 98.1 Å². The lowest BCUT2D eigenvalue weighted by Gasteiger charge is -2.26. The van der Waals surface area contributed by atoms with Crippen LogP contribution in [-0.2, 0) is 9.53 Å². The Morgan fingerprint density at radius 3 is 2.71 bits per heavy atom. The Hall–Kier alpha value is -3.46. The fraction of sp³-hybridized carbons (Fsp3) is 0.263. The second-order valence-corrected chi connectivity index (χ2v) is 6.21. The number of carbonyl (C=O) groups excluding carboxylic acids is 2. The number of ether oxygens (including phenoxy) is 2. The molecule has 1 N–H and O–H groups in total. The molecule has 3 heterocycles. The van der Waals surface area contributed by atoms with E-state index < -0.39 is 0 Å². The van der Waals surface area contributed by atoms with Gasteiger partial charge in [0, 0.05) is 37.2 Å². The molecular weight excluding hydrogens is 362 g/mol. The number of morpholine rings is 1. The minimum absolute atomic E-state index is 0.0278. The van der Waals surface area contributed by atoms with E-state index in [0.717, 1.165) is 0 Å². The van der Waals surface area contributed by atoms with Crippen molar-refractivity contribution in [2.75, 3.05) is 38.2 Å². The zero-order valence-corrected chi connectivity index (χ0v) is 15.1. The van der Waals surface area contributed by atoms with Crippen molar-refractivity contribution in [2.45, 2.75) is 0 Å². The second-order valence-electron chi connectivity index (χ2n) is 6.21. The van der Waals surface area contributed by atoms with Crippen LogP contribution in [0.25, 0.3) is 5.65 Å². The van der Waals surface area contributed by atoms with E-state index in [1.54, 1.807) is 53.7 Å². The molecule has 0 atom stereocenters. The van der Waals surface area contributed by atoms with Crippen molar-refractivity contribution in [1.82, 2.24) is 19.5 Å². The second kappa shape index (κ2) is 8.05. The van der Waals surface area contributed by atoms with Crippen LogP contribution in [-0.4, -0.2) is 64.2 Å². The number of nitrogens with one attached hydrogen (secondary N) is 1. The van der Waals surface area contributed by atoms with E-state index in [1.807, 2.05) is 0 Å². The molecule has 3 aromatic rings. The van der Waals surface area contributed by atoms with Gasteiger partial charge in [-0.05, 0) is 30.3 Å². The maximum atomic E-state index is 12.4. The summed E-state index contributed by atoms with van der Waals surface area (Å²) < 4.78 is 12.3. The SMILES string of the molecule is O=C(Nc1ccc(OCC(=O)N2CCOCC2)cc1)c1cc2ncccn2n1. The zero-order chi connectivity index (χ0) is 19.3. The lowest BCUT2D eigenvalue weighted by Crippen LogP contribution is -2.42. The Balaban J connectivity index is 1.32. The molecule has 0 unspecified atom stereocenters. The van der Waals surface area contributed by atoms with E-state index in [1.165, 1.54) is 4.52 Å². The van der Waals surface area contributed by atoms with Crippen molar-refractivity contribution >= 4 is 23.1 Å². The molecule has 1 saturated heterocycles. The fourth-order valence-corrected chi connectivity index (χ4v) is 2.82. The number of benzene rings is 1. The average Bonchev–Trinajstić information content (AvgIpc) is 3.18. The average molecular weight is 381 g/mol. The lowest BCUT2D eigenvalue weighted by atomic mass is 10.3. The highest BCUT2D eigenvalue weighted by Crippen LogP contribution is 2.17. The number of carbonyl (C=O) groups is 2. The van der Waals surface area contributed by atoms with E-state index in [0.29, 0.717) is 43.4 Å². The molecule has 0 radical (unpaired) electrons. The molecule has 1 aromatic carbocycles. The van der Waals surface area contributed by atoms with Gasteiger partial charge in [-0.15, -0.1) is 0 Å². The molecule has 4 rings (SSSR count). The molecule has 9 nitrogen and oxygen atoms in total. The lowest BCUT2D eigenvalue weighted by molar-refractivity contribution is -0.137. The summed E-state index contributed by atoms with van der Waals surface area (Å²) in [6.45, 7) is 2.27. The van der Waals surface area contributed by atoms with Gasteiger partial charge in [-0.1, -0.05) is 0 Å². The summed E-state index contributed by atoms with van der Waals surface area (Å²) in [5, 5.41) is 6.96. The molecule has 0 saturated carbocycles. The van der Waals surface area contributed by atoms with Crippen LogP contribution in [0.4, 0.5) is 5.69 Å². The van der Waals surface area contributed by atoms with Crippen molar-refractivity contribution in [3.8, 4) is 5.75 Å². The third-order valence-corrected chi connectivity index (χ3v) is 4.31. The van der Waals surface area contributed by atoms with Gasteiger partial charge in [-0.2, -0.15) is 5.10 Å². The Bertz CT molecular complexity index is 946. The fourth-order valence-electron chi connectivity index (χ4n) is 2.82. The standard InChI is InChI=1S/C19H19N5O4/c25-18(23-8-10-27-11-9-23)13-28-15-4-2-14(3-5-15)21-19(26)16-12-17-20-6-1-7-24(17)22-16/h1-7,12H,8-11,13H2,(H,21,26). The van der Waals surface area contributed by atoms with Crippen LogP contribution in [0.2, 0.25) is 0 Å². The van der Waals surface area contributed by atoms with Crippen molar-refractivity contribution < 1.29 is 19.1 Å². The van der Waals surface area contributed by atoms with Crippen LogP contribution < -0.4 is 10.1 Å². The van der Waals surface area contributed by atoms with Crippen molar-refractivity contribution in [3.63, 3.8) is 0 Å². The number of hydrogen-bond donors (Lipinski definition) is 1. The third-order valence-electron chi connectivity index (χ3n) is 4.31. The monoisotopic (exact) mass is 381 g/mol. The van der Waals surface area contributed by atoms with Gasteiger partial charge < -0.3 is 19.7 Å². The smallest absolute Gasteiger partial charge is 0.276 e. The first-order valence-corrected chi connectivity index (χ1v) is 8.89. The Labute approximate surface area is 160 Å². The Morgan fingerprint density at radius 1 is 1.18 bits per heavy atom. The van der Waals surface area contributed by atoms with E-state index in [-0.39, 0.29) is 24.1 Å². The number of anilines is 1. The summed E-state index contributed by atoms with van der Waals surface area (Å²) >= 11 is 0. The van der Waals surface area contributed by atoms with Crippen molar-refractivity contribution in [1.29, 1.82) is 0 Å². The number of hydrogen-bond acceptors (Lipinski definition) is 6. The largest absolute Gasteiger partial charge is 0.484 e. The number of amides is 2. The van der Waals surface area contributed by atoms with Crippen LogP contribution in [0.3, 0.4) is 0 Å². The van der Waals surface area contributed by atoms with Gasteiger partial charge in [0.05, 0.1) is 13.2 Å². The summed E-state index contributed by atoms with van der Waals surface area (Å²) in [5.41, 5.74) is 1.47. The molecule has 1 aliphatic heterocycles. The third kappa shape index (κ3) is 4.09. The summed E-state index contributed by atoms with van der Waals surface area (Å²) in [6, 6.07) is 10.2. The van der Waals surface area contributed by atoms with Crippen LogP contribution >= 0.6 is 0 Å².